The molecule has 0 aromatic heterocycles. The Hall–Kier alpha value is -2.88. The number of benzene rings is 2. The van der Waals surface area contributed by atoms with Crippen LogP contribution in [0.25, 0.3) is 0 Å². The number of fused-ring (bicyclic) bond motifs is 1. The van der Waals surface area contributed by atoms with Gasteiger partial charge < -0.3 is 4.74 Å². The first-order chi connectivity index (χ1) is 12.5. The van der Waals surface area contributed by atoms with Crippen LogP contribution in [0.1, 0.15) is 18.9 Å². The van der Waals surface area contributed by atoms with Crippen molar-refractivity contribution in [1.82, 2.24) is 0 Å². The molecule has 1 fully saturated rings. The number of ether oxygens (including phenoxy) is 1. The van der Waals surface area contributed by atoms with Crippen LogP contribution < -0.4 is 9.64 Å². The molecule has 0 unspecified atom stereocenters. The first-order valence-electron chi connectivity index (χ1n) is 8.93. The molecule has 0 radical (unpaired) electrons. The van der Waals surface area contributed by atoms with Crippen LogP contribution in [0.2, 0.25) is 0 Å². The predicted octanol–water partition coefficient (Wildman–Crippen LogP) is 4.49. The zero-order valence-electron chi connectivity index (χ0n) is 14.9. The lowest BCUT2D eigenvalue weighted by molar-refractivity contribution is -0.122. The third-order valence-corrected chi connectivity index (χ3v) is 5.22. The molecule has 4 rings (SSSR count). The van der Waals surface area contributed by atoms with Crippen LogP contribution in [-0.4, -0.2) is 11.8 Å². The first-order valence-corrected chi connectivity index (χ1v) is 8.93. The van der Waals surface area contributed by atoms with Gasteiger partial charge in [-0.1, -0.05) is 36.8 Å². The molecule has 3 atom stereocenters. The van der Waals surface area contributed by atoms with E-state index < -0.39 is 0 Å². The van der Waals surface area contributed by atoms with Crippen LogP contribution in [0.15, 0.2) is 60.7 Å². The second kappa shape index (κ2) is 6.45. The minimum Gasteiger partial charge on any atom is -0.457 e. The lowest BCUT2D eigenvalue weighted by atomic mass is 9.78. The number of rotatable bonds is 3. The number of imide groups is 1. The van der Waals surface area contributed by atoms with E-state index in [-0.39, 0.29) is 29.6 Å². The van der Waals surface area contributed by atoms with Gasteiger partial charge in [0.1, 0.15) is 11.5 Å². The number of hydrogen-bond acceptors (Lipinski definition) is 3. The number of amides is 2. The van der Waals surface area contributed by atoms with Crippen LogP contribution in [-0.2, 0) is 9.59 Å². The highest BCUT2D eigenvalue weighted by Crippen LogP contribution is 2.40. The van der Waals surface area contributed by atoms with E-state index in [4.69, 9.17) is 4.74 Å². The molecule has 132 valence electrons. The standard InChI is InChI=1S/C22H21NO3/c1-14-6-10-17(11-7-14)26-18-12-8-16(9-13-18)23-21(24)19-5-3-4-15(2)20(19)22(23)25/h3-4,6-13,15,19-20H,5H2,1-2H3/t15-,19+,20+/m0/s1. The fourth-order valence-corrected chi connectivity index (χ4v) is 3.81. The van der Waals surface area contributed by atoms with Gasteiger partial charge in [-0.2, -0.15) is 0 Å². The second-order valence-corrected chi connectivity index (χ2v) is 7.08. The number of hydrogen-bond donors (Lipinski definition) is 0. The summed E-state index contributed by atoms with van der Waals surface area (Å²) < 4.78 is 5.82. The topological polar surface area (TPSA) is 46.6 Å². The second-order valence-electron chi connectivity index (χ2n) is 7.08. The molecule has 1 heterocycles. The summed E-state index contributed by atoms with van der Waals surface area (Å²) >= 11 is 0. The molecule has 4 nitrogen and oxygen atoms in total. The first kappa shape index (κ1) is 16.6. The van der Waals surface area contributed by atoms with E-state index in [0.717, 1.165) is 5.75 Å². The predicted molar refractivity (Wildman–Crippen MR) is 100 cm³/mol. The van der Waals surface area contributed by atoms with Crippen molar-refractivity contribution >= 4 is 17.5 Å². The van der Waals surface area contributed by atoms with Gasteiger partial charge in [0.25, 0.3) is 0 Å². The molecule has 0 bridgehead atoms. The average molecular weight is 347 g/mol. The van der Waals surface area contributed by atoms with Crippen LogP contribution in [0, 0.1) is 24.7 Å². The Balaban J connectivity index is 1.54. The fraction of sp³-hybridized carbons (Fsp3) is 0.273. The van der Waals surface area contributed by atoms with Crippen molar-refractivity contribution in [2.24, 2.45) is 17.8 Å². The molecule has 1 saturated heterocycles. The van der Waals surface area contributed by atoms with E-state index in [1.165, 1.54) is 10.5 Å². The van der Waals surface area contributed by atoms with E-state index in [2.05, 4.69) is 0 Å². The Morgan fingerprint density at radius 2 is 1.54 bits per heavy atom. The summed E-state index contributed by atoms with van der Waals surface area (Å²) in [6.07, 6.45) is 4.69. The SMILES string of the molecule is Cc1ccc(Oc2ccc(N3C(=O)[C@@H]4[C@@H](C)C=CC[C@H]4C3=O)cc2)cc1. The normalized spacial score (nSPS) is 24.7. The number of allylic oxidation sites excluding steroid dienone is 2. The third-order valence-electron chi connectivity index (χ3n) is 5.22. The molecule has 26 heavy (non-hydrogen) atoms. The number of nitrogens with zero attached hydrogens (tertiary/aromatic N) is 1. The zero-order valence-corrected chi connectivity index (χ0v) is 14.9. The van der Waals surface area contributed by atoms with Crippen molar-refractivity contribution in [2.75, 3.05) is 4.90 Å². The molecule has 1 aliphatic carbocycles. The largest absolute Gasteiger partial charge is 0.457 e. The Kier molecular flexibility index (Phi) is 4.11. The smallest absolute Gasteiger partial charge is 0.238 e. The van der Waals surface area contributed by atoms with E-state index in [1.807, 2.05) is 50.3 Å². The van der Waals surface area contributed by atoms with Crippen LogP contribution in [0.3, 0.4) is 0 Å². The van der Waals surface area contributed by atoms with Gasteiger partial charge in [-0.3, -0.25) is 14.5 Å². The summed E-state index contributed by atoms with van der Waals surface area (Å²) in [5.74, 6) is 0.862. The van der Waals surface area contributed by atoms with Crippen molar-refractivity contribution in [3.63, 3.8) is 0 Å². The van der Waals surface area contributed by atoms with E-state index >= 15 is 0 Å². The maximum atomic E-state index is 12.8. The van der Waals surface area contributed by atoms with Gasteiger partial charge in [0, 0.05) is 0 Å². The highest BCUT2D eigenvalue weighted by Gasteiger charge is 2.50. The quantitative estimate of drug-likeness (QED) is 0.607. The molecule has 2 aliphatic rings. The van der Waals surface area contributed by atoms with E-state index in [9.17, 15) is 9.59 Å². The average Bonchev–Trinajstić information content (AvgIpc) is 2.90. The molecular formula is C22H21NO3. The fourth-order valence-electron chi connectivity index (χ4n) is 3.81. The van der Waals surface area contributed by atoms with Gasteiger partial charge in [0.05, 0.1) is 17.5 Å². The van der Waals surface area contributed by atoms with Crippen molar-refractivity contribution in [1.29, 1.82) is 0 Å². The van der Waals surface area contributed by atoms with E-state index in [1.54, 1.807) is 24.3 Å². The van der Waals surface area contributed by atoms with Crippen molar-refractivity contribution in [3.8, 4) is 11.5 Å². The van der Waals surface area contributed by atoms with Crippen molar-refractivity contribution in [3.05, 3.63) is 66.2 Å². The zero-order chi connectivity index (χ0) is 18.3. The van der Waals surface area contributed by atoms with Crippen molar-refractivity contribution < 1.29 is 14.3 Å². The summed E-state index contributed by atoms with van der Waals surface area (Å²) in [6.45, 7) is 4.02. The van der Waals surface area contributed by atoms with Crippen LogP contribution in [0.4, 0.5) is 5.69 Å². The number of anilines is 1. The molecule has 2 aromatic carbocycles. The summed E-state index contributed by atoms with van der Waals surface area (Å²) in [5.41, 5.74) is 1.78. The Labute approximate surface area is 153 Å². The Morgan fingerprint density at radius 3 is 2.15 bits per heavy atom. The molecule has 2 amide bonds. The number of carbonyl (C=O) groups excluding carboxylic acids is 2. The number of carbonyl (C=O) groups is 2. The molecule has 0 spiro atoms. The number of aryl methyl sites for hydroxylation is 1. The summed E-state index contributed by atoms with van der Waals surface area (Å²) in [6, 6.07) is 14.9. The highest BCUT2D eigenvalue weighted by molar-refractivity contribution is 6.22. The third kappa shape index (κ3) is 2.81. The summed E-state index contributed by atoms with van der Waals surface area (Å²) in [5, 5.41) is 0. The van der Waals surface area contributed by atoms with Gasteiger partial charge >= 0.3 is 0 Å². The minimum absolute atomic E-state index is 0.0935. The monoisotopic (exact) mass is 347 g/mol. The van der Waals surface area contributed by atoms with Gasteiger partial charge in [0.15, 0.2) is 0 Å². The lowest BCUT2D eigenvalue weighted by Crippen LogP contribution is -2.31. The van der Waals surface area contributed by atoms with E-state index in [0.29, 0.717) is 17.9 Å². The van der Waals surface area contributed by atoms with Crippen molar-refractivity contribution in [2.45, 2.75) is 20.3 Å². The molecule has 4 heteroatoms. The Morgan fingerprint density at radius 1 is 0.923 bits per heavy atom. The molecule has 0 N–H and O–H groups in total. The molecule has 2 aromatic rings. The Bertz CT molecular complexity index is 867. The van der Waals surface area contributed by atoms with Gasteiger partial charge in [-0.15, -0.1) is 0 Å². The molecule has 0 saturated carbocycles. The van der Waals surface area contributed by atoms with Crippen LogP contribution >= 0.6 is 0 Å². The van der Waals surface area contributed by atoms with Gasteiger partial charge in [-0.25, -0.2) is 0 Å². The van der Waals surface area contributed by atoms with Crippen LogP contribution in [0.5, 0.6) is 11.5 Å². The molecular weight excluding hydrogens is 326 g/mol. The maximum absolute atomic E-state index is 12.8. The lowest BCUT2D eigenvalue weighted by Gasteiger charge is -2.22. The molecule has 1 aliphatic heterocycles. The summed E-state index contributed by atoms with van der Waals surface area (Å²) in [4.78, 5) is 26.9. The summed E-state index contributed by atoms with van der Waals surface area (Å²) in [7, 11) is 0. The maximum Gasteiger partial charge on any atom is 0.238 e. The van der Waals surface area contributed by atoms with Gasteiger partial charge in [0.2, 0.25) is 11.8 Å². The highest BCUT2D eigenvalue weighted by atomic mass is 16.5. The minimum atomic E-state index is -0.240. The van der Waals surface area contributed by atoms with Gasteiger partial charge in [-0.05, 0) is 55.7 Å².